The van der Waals surface area contributed by atoms with E-state index in [0.717, 1.165) is 11.3 Å². The van der Waals surface area contributed by atoms with Crippen molar-refractivity contribution >= 4 is 21.8 Å². The summed E-state index contributed by atoms with van der Waals surface area (Å²) in [5.74, 6) is 1.35. The lowest BCUT2D eigenvalue weighted by Gasteiger charge is -2.10. The summed E-state index contributed by atoms with van der Waals surface area (Å²) < 4.78 is 10.4. The molecule has 1 amide bonds. The van der Waals surface area contributed by atoms with Crippen molar-refractivity contribution < 1.29 is 13.9 Å². The molecule has 1 N–H and O–H groups in total. The van der Waals surface area contributed by atoms with Crippen molar-refractivity contribution in [1.82, 2.24) is 5.32 Å². The van der Waals surface area contributed by atoms with Crippen LogP contribution >= 0.6 is 15.9 Å². The molecule has 4 nitrogen and oxygen atoms in total. The molecule has 0 aliphatic carbocycles. The molecule has 0 spiro atoms. The van der Waals surface area contributed by atoms with Crippen LogP contribution in [0, 0.1) is 20.8 Å². The molecule has 0 aromatic carbocycles. The number of alkyl halides is 1. The first-order valence-electron chi connectivity index (χ1n) is 5.45. The normalized spacial score (nSPS) is 12.5. The summed E-state index contributed by atoms with van der Waals surface area (Å²) in [7, 11) is 1.63. The lowest BCUT2D eigenvalue weighted by Crippen LogP contribution is -2.31. The molecule has 0 aliphatic heterocycles. The van der Waals surface area contributed by atoms with E-state index in [-0.39, 0.29) is 10.7 Å². The minimum Gasteiger partial charge on any atom is -0.466 e. The Kier molecular flexibility index (Phi) is 5.21. The molecular formula is C12H18BrNO3. The molecule has 0 bridgehead atoms. The van der Waals surface area contributed by atoms with Crippen molar-refractivity contribution in [3.63, 3.8) is 0 Å². The average molecular weight is 304 g/mol. The highest BCUT2D eigenvalue weighted by Gasteiger charge is 2.18. The molecule has 0 radical (unpaired) electrons. The van der Waals surface area contributed by atoms with Gasteiger partial charge in [-0.05, 0) is 20.8 Å². The van der Waals surface area contributed by atoms with Crippen molar-refractivity contribution in [2.45, 2.75) is 25.6 Å². The molecule has 1 aromatic heterocycles. The zero-order chi connectivity index (χ0) is 13.0. The van der Waals surface area contributed by atoms with Gasteiger partial charge in [0.25, 0.3) is 5.91 Å². The fourth-order valence-corrected chi connectivity index (χ4v) is 2.09. The SMILES string of the molecule is COCC(Br)CNC(=O)c1c(C)oc(C)c1C. The number of amides is 1. The number of ether oxygens (including phenoxy) is 1. The Morgan fingerprint density at radius 3 is 2.53 bits per heavy atom. The smallest absolute Gasteiger partial charge is 0.255 e. The summed E-state index contributed by atoms with van der Waals surface area (Å²) in [6.07, 6.45) is 0. The number of furan rings is 1. The first-order chi connectivity index (χ1) is 7.97. The highest BCUT2D eigenvalue weighted by atomic mass is 79.9. The molecule has 0 saturated heterocycles. The molecule has 17 heavy (non-hydrogen) atoms. The second-order valence-corrected chi connectivity index (χ2v) is 5.27. The standard InChI is InChI=1S/C12H18BrNO3/c1-7-8(2)17-9(3)11(7)12(15)14-5-10(13)6-16-4/h10H,5-6H2,1-4H3,(H,14,15). The van der Waals surface area contributed by atoms with Crippen molar-refractivity contribution in [3.05, 3.63) is 22.6 Å². The molecular weight excluding hydrogens is 286 g/mol. The predicted octanol–water partition coefficient (Wildman–Crippen LogP) is 2.34. The maximum Gasteiger partial charge on any atom is 0.255 e. The molecule has 1 rings (SSSR count). The van der Waals surface area contributed by atoms with Crippen LogP contribution < -0.4 is 5.32 Å². The second-order valence-electron chi connectivity index (χ2n) is 3.98. The molecule has 0 saturated carbocycles. The second kappa shape index (κ2) is 6.21. The number of carbonyl (C=O) groups is 1. The van der Waals surface area contributed by atoms with Gasteiger partial charge in [0.05, 0.1) is 17.0 Å². The Balaban J connectivity index is 2.64. The van der Waals surface area contributed by atoms with Crippen molar-refractivity contribution in [2.75, 3.05) is 20.3 Å². The van der Waals surface area contributed by atoms with Crippen LogP contribution in [-0.2, 0) is 4.74 Å². The number of aryl methyl sites for hydroxylation is 2. The fraction of sp³-hybridized carbons (Fsp3) is 0.583. The van der Waals surface area contributed by atoms with Gasteiger partial charge in [0, 0.05) is 19.2 Å². The zero-order valence-electron chi connectivity index (χ0n) is 10.6. The number of rotatable bonds is 5. The minimum absolute atomic E-state index is 0.0996. The monoisotopic (exact) mass is 303 g/mol. The van der Waals surface area contributed by atoms with Gasteiger partial charge in [-0.25, -0.2) is 0 Å². The summed E-state index contributed by atoms with van der Waals surface area (Å²) in [5, 5.41) is 2.85. The van der Waals surface area contributed by atoms with Gasteiger partial charge in [0.2, 0.25) is 0 Å². The molecule has 96 valence electrons. The van der Waals surface area contributed by atoms with Gasteiger partial charge in [0.15, 0.2) is 0 Å². The number of hydrogen-bond acceptors (Lipinski definition) is 3. The highest BCUT2D eigenvalue weighted by Crippen LogP contribution is 2.20. The Morgan fingerprint density at radius 1 is 1.41 bits per heavy atom. The molecule has 0 aliphatic rings. The van der Waals surface area contributed by atoms with Gasteiger partial charge < -0.3 is 14.5 Å². The number of carbonyl (C=O) groups excluding carboxylic acids is 1. The number of methoxy groups -OCH3 is 1. The van der Waals surface area contributed by atoms with Crippen LogP contribution in [0.15, 0.2) is 4.42 Å². The molecule has 0 fully saturated rings. The first-order valence-corrected chi connectivity index (χ1v) is 6.36. The van der Waals surface area contributed by atoms with E-state index >= 15 is 0 Å². The third kappa shape index (κ3) is 3.57. The summed E-state index contributed by atoms with van der Waals surface area (Å²) in [4.78, 5) is 12.1. The third-order valence-corrected chi connectivity index (χ3v) is 3.21. The topological polar surface area (TPSA) is 51.5 Å². The van der Waals surface area contributed by atoms with E-state index in [1.54, 1.807) is 14.0 Å². The van der Waals surface area contributed by atoms with Crippen LogP contribution in [0.5, 0.6) is 0 Å². The predicted molar refractivity (Wildman–Crippen MR) is 69.8 cm³/mol. The fourth-order valence-electron chi connectivity index (χ4n) is 1.66. The minimum atomic E-state index is -0.0996. The molecule has 1 heterocycles. The van der Waals surface area contributed by atoms with E-state index < -0.39 is 0 Å². The Hall–Kier alpha value is -0.810. The van der Waals surface area contributed by atoms with Crippen LogP contribution in [0.25, 0.3) is 0 Å². The lowest BCUT2D eigenvalue weighted by molar-refractivity contribution is 0.0948. The van der Waals surface area contributed by atoms with Crippen molar-refractivity contribution in [3.8, 4) is 0 Å². The van der Waals surface area contributed by atoms with Gasteiger partial charge in [-0.15, -0.1) is 0 Å². The van der Waals surface area contributed by atoms with Gasteiger partial charge in [-0.1, -0.05) is 15.9 Å². The number of nitrogens with one attached hydrogen (secondary N) is 1. The van der Waals surface area contributed by atoms with E-state index in [9.17, 15) is 4.79 Å². The average Bonchev–Trinajstić information content (AvgIpc) is 2.50. The van der Waals surface area contributed by atoms with Gasteiger partial charge in [0.1, 0.15) is 11.5 Å². The van der Waals surface area contributed by atoms with E-state index in [4.69, 9.17) is 9.15 Å². The van der Waals surface area contributed by atoms with Crippen LogP contribution in [0.2, 0.25) is 0 Å². The molecule has 1 atom stereocenters. The van der Waals surface area contributed by atoms with Crippen LogP contribution in [0.3, 0.4) is 0 Å². The van der Waals surface area contributed by atoms with Crippen molar-refractivity contribution in [1.29, 1.82) is 0 Å². The Bertz CT molecular complexity index is 401. The molecule has 5 heteroatoms. The molecule has 1 aromatic rings. The van der Waals surface area contributed by atoms with E-state index in [0.29, 0.717) is 24.5 Å². The van der Waals surface area contributed by atoms with E-state index in [2.05, 4.69) is 21.2 Å². The van der Waals surface area contributed by atoms with Gasteiger partial charge in [-0.2, -0.15) is 0 Å². The summed E-state index contributed by atoms with van der Waals surface area (Å²) in [6, 6.07) is 0. The largest absolute Gasteiger partial charge is 0.466 e. The summed E-state index contributed by atoms with van der Waals surface area (Å²) >= 11 is 3.42. The third-order valence-electron chi connectivity index (χ3n) is 2.62. The summed E-state index contributed by atoms with van der Waals surface area (Å²) in [5.41, 5.74) is 1.54. The first kappa shape index (κ1) is 14.3. The zero-order valence-corrected chi connectivity index (χ0v) is 12.2. The van der Waals surface area contributed by atoms with Gasteiger partial charge in [-0.3, -0.25) is 4.79 Å². The van der Waals surface area contributed by atoms with Crippen molar-refractivity contribution in [2.24, 2.45) is 0 Å². The quantitative estimate of drug-likeness (QED) is 0.850. The number of halogens is 1. The van der Waals surface area contributed by atoms with Crippen LogP contribution in [-0.4, -0.2) is 31.0 Å². The summed E-state index contributed by atoms with van der Waals surface area (Å²) in [6.45, 7) is 6.63. The van der Waals surface area contributed by atoms with Gasteiger partial charge >= 0.3 is 0 Å². The van der Waals surface area contributed by atoms with Crippen LogP contribution in [0.4, 0.5) is 0 Å². The van der Waals surface area contributed by atoms with Crippen LogP contribution in [0.1, 0.15) is 27.4 Å². The van der Waals surface area contributed by atoms with E-state index in [1.807, 2.05) is 13.8 Å². The number of hydrogen-bond donors (Lipinski definition) is 1. The molecule has 1 unspecified atom stereocenters. The Labute approximate surface area is 110 Å². The van der Waals surface area contributed by atoms with E-state index in [1.165, 1.54) is 0 Å². The maximum absolute atomic E-state index is 12.0. The highest BCUT2D eigenvalue weighted by molar-refractivity contribution is 9.09. The Morgan fingerprint density at radius 2 is 2.06 bits per heavy atom. The lowest BCUT2D eigenvalue weighted by atomic mass is 10.1. The maximum atomic E-state index is 12.0.